The van der Waals surface area contributed by atoms with Gasteiger partial charge in [-0.15, -0.1) is 0 Å². The van der Waals surface area contributed by atoms with Gasteiger partial charge in [-0.1, -0.05) is 18.2 Å². The Morgan fingerprint density at radius 1 is 1.05 bits per heavy atom. The summed E-state index contributed by atoms with van der Waals surface area (Å²) in [6.07, 6.45) is 0. The molecular formula is C15H13NO3. The predicted octanol–water partition coefficient (Wildman–Crippen LogP) is 2.95. The SMILES string of the molecule is Cc1cc(NC(=O)c2ccccc2)ccc1C(=O)O. The standard InChI is InChI=1S/C15H13NO3/c1-10-9-12(7-8-13(10)15(18)19)16-14(17)11-5-3-2-4-6-11/h2-9H,1H3,(H,16,17)(H,18,19). The van der Waals surface area contributed by atoms with Crippen LogP contribution in [0.25, 0.3) is 0 Å². The van der Waals surface area contributed by atoms with E-state index in [0.717, 1.165) is 0 Å². The molecule has 2 aromatic carbocycles. The number of aromatic carboxylic acids is 1. The summed E-state index contributed by atoms with van der Waals surface area (Å²) in [6.45, 7) is 1.70. The molecule has 0 aliphatic rings. The highest BCUT2D eigenvalue weighted by atomic mass is 16.4. The molecule has 2 aromatic rings. The third kappa shape index (κ3) is 2.98. The zero-order valence-corrected chi connectivity index (χ0v) is 10.4. The Labute approximate surface area is 110 Å². The van der Waals surface area contributed by atoms with E-state index in [1.807, 2.05) is 6.07 Å². The van der Waals surface area contributed by atoms with Crippen molar-refractivity contribution < 1.29 is 14.7 Å². The summed E-state index contributed by atoms with van der Waals surface area (Å²) >= 11 is 0. The molecule has 0 aromatic heterocycles. The minimum absolute atomic E-state index is 0.219. The molecule has 2 rings (SSSR count). The molecule has 0 spiro atoms. The largest absolute Gasteiger partial charge is 0.478 e. The summed E-state index contributed by atoms with van der Waals surface area (Å²) in [6, 6.07) is 13.5. The van der Waals surface area contributed by atoms with Crippen LogP contribution in [0.2, 0.25) is 0 Å². The van der Waals surface area contributed by atoms with Crippen LogP contribution in [-0.2, 0) is 0 Å². The highest BCUT2D eigenvalue weighted by Crippen LogP contribution is 2.16. The third-order valence-corrected chi connectivity index (χ3v) is 2.75. The molecular weight excluding hydrogens is 242 g/mol. The lowest BCUT2D eigenvalue weighted by Gasteiger charge is -2.07. The van der Waals surface area contributed by atoms with E-state index < -0.39 is 5.97 Å². The van der Waals surface area contributed by atoms with E-state index >= 15 is 0 Å². The van der Waals surface area contributed by atoms with Gasteiger partial charge in [0.1, 0.15) is 0 Å². The second-order valence-electron chi connectivity index (χ2n) is 4.16. The van der Waals surface area contributed by atoms with Crippen LogP contribution in [0.4, 0.5) is 5.69 Å². The lowest BCUT2D eigenvalue weighted by molar-refractivity contribution is 0.0696. The summed E-state index contributed by atoms with van der Waals surface area (Å²) in [7, 11) is 0. The number of carboxylic acids is 1. The number of hydrogen-bond acceptors (Lipinski definition) is 2. The van der Waals surface area contributed by atoms with E-state index in [0.29, 0.717) is 16.8 Å². The van der Waals surface area contributed by atoms with Gasteiger partial charge in [0, 0.05) is 11.3 Å². The summed E-state index contributed by atoms with van der Waals surface area (Å²) in [5.74, 6) is -1.19. The Bertz CT molecular complexity index is 621. The van der Waals surface area contributed by atoms with Crippen molar-refractivity contribution in [3.63, 3.8) is 0 Å². The Balaban J connectivity index is 2.19. The fraction of sp³-hybridized carbons (Fsp3) is 0.0667. The van der Waals surface area contributed by atoms with Crippen molar-refractivity contribution in [1.29, 1.82) is 0 Å². The number of amides is 1. The van der Waals surface area contributed by atoms with Gasteiger partial charge in [0.2, 0.25) is 0 Å². The summed E-state index contributed by atoms with van der Waals surface area (Å²) in [5, 5.41) is 11.7. The first-order valence-corrected chi connectivity index (χ1v) is 5.78. The molecule has 1 amide bonds. The number of anilines is 1. The first-order valence-electron chi connectivity index (χ1n) is 5.78. The van der Waals surface area contributed by atoms with Crippen LogP contribution >= 0.6 is 0 Å². The molecule has 0 bridgehead atoms. The molecule has 0 atom stereocenters. The molecule has 2 N–H and O–H groups in total. The monoisotopic (exact) mass is 255 g/mol. The first kappa shape index (κ1) is 12.8. The molecule has 0 fully saturated rings. The fourth-order valence-corrected chi connectivity index (χ4v) is 1.77. The molecule has 0 unspecified atom stereocenters. The van der Waals surface area contributed by atoms with Crippen molar-refractivity contribution >= 4 is 17.6 Å². The van der Waals surface area contributed by atoms with Crippen molar-refractivity contribution in [2.75, 3.05) is 5.32 Å². The summed E-state index contributed by atoms with van der Waals surface area (Å²) < 4.78 is 0. The number of carboxylic acid groups (broad SMARTS) is 1. The average molecular weight is 255 g/mol. The van der Waals surface area contributed by atoms with E-state index in [2.05, 4.69) is 5.32 Å². The smallest absolute Gasteiger partial charge is 0.335 e. The first-order chi connectivity index (χ1) is 9.08. The van der Waals surface area contributed by atoms with E-state index in [4.69, 9.17) is 5.11 Å². The molecule has 0 saturated carbocycles. The second kappa shape index (κ2) is 5.35. The molecule has 4 nitrogen and oxygen atoms in total. The second-order valence-corrected chi connectivity index (χ2v) is 4.16. The number of benzene rings is 2. The van der Waals surface area contributed by atoms with Gasteiger partial charge >= 0.3 is 5.97 Å². The number of carbonyl (C=O) groups excluding carboxylic acids is 1. The molecule has 4 heteroatoms. The number of hydrogen-bond donors (Lipinski definition) is 2. The molecule has 96 valence electrons. The average Bonchev–Trinajstić information content (AvgIpc) is 2.39. The summed E-state index contributed by atoms with van der Waals surface area (Å²) in [5.41, 5.74) is 1.98. The van der Waals surface area contributed by atoms with Gasteiger partial charge in [0.25, 0.3) is 5.91 Å². The highest BCUT2D eigenvalue weighted by molar-refractivity contribution is 6.04. The maximum Gasteiger partial charge on any atom is 0.335 e. The van der Waals surface area contributed by atoms with Gasteiger partial charge in [-0.25, -0.2) is 4.79 Å². The minimum atomic E-state index is -0.974. The van der Waals surface area contributed by atoms with Crippen LogP contribution in [-0.4, -0.2) is 17.0 Å². The zero-order chi connectivity index (χ0) is 13.8. The quantitative estimate of drug-likeness (QED) is 0.886. The predicted molar refractivity (Wildman–Crippen MR) is 72.5 cm³/mol. The number of carbonyl (C=O) groups is 2. The van der Waals surface area contributed by atoms with Crippen molar-refractivity contribution in [2.45, 2.75) is 6.92 Å². The Morgan fingerprint density at radius 2 is 1.74 bits per heavy atom. The number of rotatable bonds is 3. The molecule has 0 heterocycles. The van der Waals surface area contributed by atoms with Gasteiger partial charge in [0.15, 0.2) is 0 Å². The van der Waals surface area contributed by atoms with Crippen molar-refractivity contribution in [1.82, 2.24) is 0 Å². The number of aryl methyl sites for hydroxylation is 1. The molecule has 0 saturated heterocycles. The zero-order valence-electron chi connectivity index (χ0n) is 10.4. The van der Waals surface area contributed by atoms with Crippen LogP contribution in [0.1, 0.15) is 26.3 Å². The minimum Gasteiger partial charge on any atom is -0.478 e. The van der Waals surface area contributed by atoms with Crippen molar-refractivity contribution in [2.24, 2.45) is 0 Å². The van der Waals surface area contributed by atoms with Gasteiger partial charge in [0.05, 0.1) is 5.56 Å². The van der Waals surface area contributed by atoms with E-state index in [-0.39, 0.29) is 11.5 Å². The Morgan fingerprint density at radius 3 is 2.32 bits per heavy atom. The maximum atomic E-state index is 11.9. The van der Waals surface area contributed by atoms with Gasteiger partial charge < -0.3 is 10.4 Å². The van der Waals surface area contributed by atoms with E-state index in [9.17, 15) is 9.59 Å². The highest BCUT2D eigenvalue weighted by Gasteiger charge is 2.09. The van der Waals surface area contributed by atoms with Gasteiger partial charge in [-0.3, -0.25) is 4.79 Å². The van der Waals surface area contributed by atoms with Crippen LogP contribution in [0.5, 0.6) is 0 Å². The lowest BCUT2D eigenvalue weighted by atomic mass is 10.1. The molecule has 19 heavy (non-hydrogen) atoms. The van der Waals surface area contributed by atoms with E-state index in [1.54, 1.807) is 43.3 Å². The summed E-state index contributed by atoms with van der Waals surface area (Å²) in [4.78, 5) is 22.8. The normalized spacial score (nSPS) is 9.95. The lowest BCUT2D eigenvalue weighted by Crippen LogP contribution is -2.12. The Hall–Kier alpha value is -2.62. The molecule has 0 radical (unpaired) electrons. The maximum absolute atomic E-state index is 11.9. The van der Waals surface area contributed by atoms with Crippen LogP contribution < -0.4 is 5.32 Å². The van der Waals surface area contributed by atoms with Gasteiger partial charge in [-0.05, 0) is 42.8 Å². The van der Waals surface area contributed by atoms with Gasteiger partial charge in [-0.2, -0.15) is 0 Å². The van der Waals surface area contributed by atoms with Crippen molar-refractivity contribution in [3.8, 4) is 0 Å². The van der Waals surface area contributed by atoms with Crippen LogP contribution in [0, 0.1) is 6.92 Å². The van der Waals surface area contributed by atoms with Crippen molar-refractivity contribution in [3.05, 3.63) is 65.2 Å². The number of nitrogens with one attached hydrogen (secondary N) is 1. The molecule has 0 aliphatic heterocycles. The van der Waals surface area contributed by atoms with Crippen LogP contribution in [0.15, 0.2) is 48.5 Å². The van der Waals surface area contributed by atoms with E-state index in [1.165, 1.54) is 6.07 Å². The molecule has 0 aliphatic carbocycles. The topological polar surface area (TPSA) is 66.4 Å². The Kier molecular flexibility index (Phi) is 3.61. The van der Waals surface area contributed by atoms with Crippen LogP contribution in [0.3, 0.4) is 0 Å². The third-order valence-electron chi connectivity index (χ3n) is 2.75. The fourth-order valence-electron chi connectivity index (χ4n) is 1.77.